The third kappa shape index (κ3) is 4.32. The van der Waals surface area contributed by atoms with E-state index in [1.807, 2.05) is 59.3 Å². The number of carbonyl (C=O) groups is 1. The molecule has 2 aromatic heterocycles. The van der Waals surface area contributed by atoms with Crippen LogP contribution < -0.4 is 10.5 Å². The Balaban J connectivity index is 1.58. The van der Waals surface area contributed by atoms with Crippen LogP contribution >= 0.6 is 0 Å². The van der Waals surface area contributed by atoms with Gasteiger partial charge in [0.25, 0.3) is 0 Å². The molecule has 1 saturated heterocycles. The summed E-state index contributed by atoms with van der Waals surface area (Å²) in [5, 5.41) is 15.6. The lowest BCUT2D eigenvalue weighted by molar-refractivity contribution is 0.0249. The van der Waals surface area contributed by atoms with E-state index in [-0.39, 0.29) is 17.5 Å². The summed E-state index contributed by atoms with van der Waals surface area (Å²) in [6.45, 7) is 6.69. The number of carboxylic acid groups (broad SMARTS) is 1. The molecule has 2 aromatic carbocycles. The molecule has 9 nitrogen and oxygen atoms in total. The van der Waals surface area contributed by atoms with E-state index in [9.17, 15) is 9.90 Å². The van der Waals surface area contributed by atoms with Crippen molar-refractivity contribution in [1.82, 2.24) is 24.6 Å². The molecule has 1 unspecified atom stereocenters. The number of hydrogen-bond donors (Lipinski definition) is 2. The van der Waals surface area contributed by atoms with E-state index in [1.54, 1.807) is 4.90 Å². The Bertz CT molecular complexity index is 1380. The average Bonchev–Trinajstić information content (AvgIpc) is 3.25. The molecular formula is C27H30N6O3. The highest BCUT2D eigenvalue weighted by Gasteiger charge is 2.44. The van der Waals surface area contributed by atoms with E-state index in [0.29, 0.717) is 34.8 Å². The number of rotatable bonds is 4. The van der Waals surface area contributed by atoms with Gasteiger partial charge in [0.05, 0.1) is 17.5 Å². The van der Waals surface area contributed by atoms with Crippen molar-refractivity contribution in [3.05, 3.63) is 60.9 Å². The SMILES string of the molecule is CC(C)(C)[C@@H]1C(n2nc(-c3ccc(Oc4ccccc4)cc3)c3c(N)ncnc32)CCCN1C(=O)O. The third-order valence-electron chi connectivity index (χ3n) is 6.67. The molecule has 0 spiro atoms. The molecule has 0 radical (unpaired) electrons. The minimum Gasteiger partial charge on any atom is -0.465 e. The topological polar surface area (TPSA) is 119 Å². The summed E-state index contributed by atoms with van der Waals surface area (Å²) >= 11 is 0. The van der Waals surface area contributed by atoms with Gasteiger partial charge in [0.2, 0.25) is 0 Å². The molecule has 1 amide bonds. The summed E-state index contributed by atoms with van der Waals surface area (Å²) in [7, 11) is 0. The van der Waals surface area contributed by atoms with Gasteiger partial charge in [-0.25, -0.2) is 19.4 Å². The molecule has 1 aliphatic heterocycles. The molecule has 2 atom stereocenters. The van der Waals surface area contributed by atoms with Crippen molar-refractivity contribution in [2.75, 3.05) is 12.3 Å². The summed E-state index contributed by atoms with van der Waals surface area (Å²) in [5.74, 6) is 1.80. The van der Waals surface area contributed by atoms with Crippen LogP contribution in [0, 0.1) is 5.41 Å². The van der Waals surface area contributed by atoms with Gasteiger partial charge in [-0.3, -0.25) is 0 Å². The van der Waals surface area contributed by atoms with Gasteiger partial charge in [-0.05, 0) is 54.7 Å². The monoisotopic (exact) mass is 486 g/mol. The fraction of sp³-hybridized carbons (Fsp3) is 0.333. The molecule has 9 heteroatoms. The van der Waals surface area contributed by atoms with Crippen molar-refractivity contribution in [2.24, 2.45) is 5.41 Å². The molecule has 0 saturated carbocycles. The Morgan fingerprint density at radius 1 is 1.06 bits per heavy atom. The number of likely N-dealkylation sites (tertiary alicyclic amines) is 1. The van der Waals surface area contributed by atoms with Crippen molar-refractivity contribution in [1.29, 1.82) is 0 Å². The average molecular weight is 487 g/mol. The van der Waals surface area contributed by atoms with Crippen molar-refractivity contribution in [2.45, 2.75) is 45.7 Å². The normalized spacial score (nSPS) is 18.4. The Kier molecular flexibility index (Phi) is 5.99. The van der Waals surface area contributed by atoms with Crippen LogP contribution in [0.3, 0.4) is 0 Å². The van der Waals surface area contributed by atoms with Crippen LogP contribution in [-0.2, 0) is 0 Å². The molecule has 4 aromatic rings. The van der Waals surface area contributed by atoms with E-state index < -0.39 is 6.09 Å². The maximum atomic E-state index is 12.1. The van der Waals surface area contributed by atoms with E-state index >= 15 is 0 Å². The number of fused-ring (bicyclic) bond motifs is 1. The zero-order chi connectivity index (χ0) is 25.4. The Morgan fingerprint density at radius 3 is 2.42 bits per heavy atom. The van der Waals surface area contributed by atoms with Crippen LogP contribution in [0.5, 0.6) is 11.5 Å². The second kappa shape index (κ2) is 9.14. The van der Waals surface area contributed by atoms with Crippen LogP contribution in [-0.4, -0.2) is 48.4 Å². The van der Waals surface area contributed by atoms with Crippen molar-refractivity contribution in [3.63, 3.8) is 0 Å². The molecule has 5 rings (SSSR count). The number of nitrogens with zero attached hydrogens (tertiary/aromatic N) is 5. The number of nitrogens with two attached hydrogens (primary N) is 1. The molecule has 36 heavy (non-hydrogen) atoms. The molecule has 3 N–H and O–H groups in total. The highest BCUT2D eigenvalue weighted by atomic mass is 16.5. The standard InChI is InChI=1S/C27H30N6O3/c1-27(2,3)23-20(10-7-15-32(23)26(34)35)33-25-21(24(28)29-16-30-25)22(31-33)17-11-13-19(14-12-17)36-18-8-5-4-6-9-18/h4-6,8-9,11-14,16,20,23H,7,10,15H2,1-3H3,(H,34,35)(H2,28,29,30)/t20?,23-/m0/s1. The van der Waals surface area contributed by atoms with Crippen LogP contribution in [0.2, 0.25) is 0 Å². The number of benzene rings is 2. The number of hydrogen-bond acceptors (Lipinski definition) is 6. The Labute approximate surface area is 209 Å². The first-order valence-corrected chi connectivity index (χ1v) is 12.1. The van der Waals surface area contributed by atoms with Gasteiger partial charge < -0.3 is 20.5 Å². The lowest BCUT2D eigenvalue weighted by atomic mass is 9.77. The summed E-state index contributed by atoms with van der Waals surface area (Å²) < 4.78 is 7.79. The second-order valence-corrected chi connectivity index (χ2v) is 10.2. The van der Waals surface area contributed by atoms with E-state index in [4.69, 9.17) is 15.6 Å². The van der Waals surface area contributed by atoms with Gasteiger partial charge in [-0.2, -0.15) is 5.10 Å². The number of amides is 1. The third-order valence-corrected chi connectivity index (χ3v) is 6.67. The maximum Gasteiger partial charge on any atom is 0.407 e. The van der Waals surface area contributed by atoms with E-state index in [2.05, 4.69) is 30.7 Å². The predicted molar refractivity (Wildman–Crippen MR) is 138 cm³/mol. The first kappa shape index (κ1) is 23.6. The number of anilines is 1. The zero-order valence-electron chi connectivity index (χ0n) is 20.6. The molecule has 1 fully saturated rings. The smallest absolute Gasteiger partial charge is 0.407 e. The van der Waals surface area contributed by atoms with Gasteiger partial charge in [0.1, 0.15) is 29.3 Å². The highest BCUT2D eigenvalue weighted by molar-refractivity contribution is 5.98. The Morgan fingerprint density at radius 2 is 1.75 bits per heavy atom. The second-order valence-electron chi connectivity index (χ2n) is 10.2. The summed E-state index contributed by atoms with van der Waals surface area (Å²) in [5.41, 5.74) is 8.14. The van der Waals surface area contributed by atoms with Crippen LogP contribution in [0.15, 0.2) is 60.9 Å². The molecule has 3 heterocycles. The summed E-state index contributed by atoms with van der Waals surface area (Å²) in [4.78, 5) is 22.4. The van der Waals surface area contributed by atoms with Crippen LogP contribution in [0.1, 0.15) is 39.7 Å². The predicted octanol–water partition coefficient (Wildman–Crippen LogP) is 5.60. The summed E-state index contributed by atoms with van der Waals surface area (Å²) in [6, 6.07) is 16.8. The summed E-state index contributed by atoms with van der Waals surface area (Å²) in [6.07, 6.45) is 2.04. The van der Waals surface area contributed by atoms with Crippen LogP contribution in [0.4, 0.5) is 10.6 Å². The molecule has 186 valence electrons. The number of piperidine rings is 1. The van der Waals surface area contributed by atoms with E-state index in [1.165, 1.54) is 6.33 Å². The van der Waals surface area contributed by atoms with Crippen LogP contribution in [0.25, 0.3) is 22.3 Å². The first-order valence-electron chi connectivity index (χ1n) is 12.1. The number of nitrogen functional groups attached to an aromatic ring is 1. The first-order chi connectivity index (χ1) is 17.2. The number of para-hydroxylation sites is 1. The molecule has 0 bridgehead atoms. The van der Waals surface area contributed by atoms with E-state index in [0.717, 1.165) is 24.2 Å². The number of ether oxygens (including phenoxy) is 1. The van der Waals surface area contributed by atoms with Gasteiger partial charge >= 0.3 is 6.09 Å². The van der Waals surface area contributed by atoms with Crippen molar-refractivity contribution >= 4 is 22.9 Å². The van der Waals surface area contributed by atoms with Gasteiger partial charge in [-0.15, -0.1) is 0 Å². The zero-order valence-corrected chi connectivity index (χ0v) is 20.6. The lowest BCUT2D eigenvalue weighted by Crippen LogP contribution is -2.54. The Hall–Kier alpha value is -4.14. The maximum absolute atomic E-state index is 12.1. The van der Waals surface area contributed by atoms with Gasteiger partial charge in [0, 0.05) is 12.1 Å². The molecule has 1 aliphatic rings. The van der Waals surface area contributed by atoms with Gasteiger partial charge in [0.15, 0.2) is 5.65 Å². The van der Waals surface area contributed by atoms with Crippen molar-refractivity contribution in [3.8, 4) is 22.8 Å². The minimum absolute atomic E-state index is 0.193. The minimum atomic E-state index is -0.917. The van der Waals surface area contributed by atoms with Crippen molar-refractivity contribution < 1.29 is 14.6 Å². The lowest BCUT2D eigenvalue weighted by Gasteiger charge is -2.46. The highest BCUT2D eigenvalue weighted by Crippen LogP contribution is 2.41. The number of aromatic nitrogens is 4. The quantitative estimate of drug-likeness (QED) is 0.385. The molecular weight excluding hydrogens is 456 g/mol. The van der Waals surface area contributed by atoms with Gasteiger partial charge in [-0.1, -0.05) is 39.0 Å². The fourth-order valence-electron chi connectivity index (χ4n) is 5.22. The molecule has 0 aliphatic carbocycles. The fourth-order valence-corrected chi connectivity index (χ4v) is 5.22. The largest absolute Gasteiger partial charge is 0.465 e.